The van der Waals surface area contributed by atoms with E-state index >= 15 is 0 Å². The number of hydrogen-bond acceptors (Lipinski definition) is 2. The molecule has 1 saturated carbocycles. The normalized spacial score (nSPS) is 19.4. The van der Waals surface area contributed by atoms with Gasteiger partial charge in [0, 0.05) is 34.6 Å². The average Bonchev–Trinajstić information content (AvgIpc) is 3.59. The molecular formula is C26H22Cl2FNO2. The highest BCUT2D eigenvalue weighted by Gasteiger charge is 2.47. The van der Waals surface area contributed by atoms with E-state index in [9.17, 15) is 9.18 Å². The molecule has 3 aromatic rings. The van der Waals surface area contributed by atoms with Gasteiger partial charge in [-0.15, -0.1) is 0 Å². The van der Waals surface area contributed by atoms with Crippen LogP contribution in [0, 0.1) is 11.7 Å². The highest BCUT2D eigenvalue weighted by Crippen LogP contribution is 2.51. The van der Waals surface area contributed by atoms with Crippen LogP contribution in [0.4, 0.5) is 4.39 Å². The first-order chi connectivity index (χ1) is 15.5. The predicted molar refractivity (Wildman–Crippen MR) is 125 cm³/mol. The van der Waals surface area contributed by atoms with E-state index in [1.54, 1.807) is 19.2 Å². The lowest BCUT2D eigenvalue weighted by Gasteiger charge is -2.31. The van der Waals surface area contributed by atoms with Crippen molar-refractivity contribution in [2.75, 3.05) is 13.7 Å². The summed E-state index contributed by atoms with van der Waals surface area (Å²) >= 11 is 12.4. The third-order valence-corrected chi connectivity index (χ3v) is 7.10. The topological polar surface area (TPSA) is 29.5 Å². The molecule has 0 saturated heterocycles. The maximum Gasteiger partial charge on any atom is 0.226 e. The Morgan fingerprint density at radius 2 is 1.88 bits per heavy atom. The molecule has 32 heavy (non-hydrogen) atoms. The summed E-state index contributed by atoms with van der Waals surface area (Å²) in [5, 5.41) is 1.18. The average molecular weight is 470 g/mol. The zero-order chi connectivity index (χ0) is 22.4. The van der Waals surface area contributed by atoms with Crippen molar-refractivity contribution in [1.82, 2.24) is 4.90 Å². The van der Waals surface area contributed by atoms with Crippen LogP contribution in [0.1, 0.15) is 29.0 Å². The Kier molecular flexibility index (Phi) is 5.60. The van der Waals surface area contributed by atoms with Crippen molar-refractivity contribution in [2.45, 2.75) is 25.3 Å². The summed E-state index contributed by atoms with van der Waals surface area (Å²) in [5.41, 5.74) is 4.32. The lowest BCUT2D eigenvalue weighted by molar-refractivity contribution is -0.133. The minimum Gasteiger partial charge on any atom is -0.496 e. The first-order valence-electron chi connectivity index (χ1n) is 10.6. The molecule has 3 nitrogen and oxygen atoms in total. The quantitative estimate of drug-likeness (QED) is 0.436. The molecule has 0 aromatic heterocycles. The molecule has 0 radical (unpaired) electrons. The van der Waals surface area contributed by atoms with Gasteiger partial charge in [-0.1, -0.05) is 53.5 Å². The molecule has 1 aliphatic carbocycles. The Bertz CT molecular complexity index is 1210. The van der Waals surface area contributed by atoms with Gasteiger partial charge < -0.3 is 9.64 Å². The van der Waals surface area contributed by atoms with E-state index in [2.05, 4.69) is 0 Å². The van der Waals surface area contributed by atoms with E-state index < -0.39 is 0 Å². The number of carbonyl (C=O) groups excluding carboxylic acids is 1. The summed E-state index contributed by atoms with van der Waals surface area (Å²) in [5.74, 6) is 0.614. The number of methoxy groups -OCH3 is 1. The Morgan fingerprint density at radius 3 is 2.66 bits per heavy atom. The van der Waals surface area contributed by atoms with Crippen molar-refractivity contribution in [1.29, 1.82) is 0 Å². The van der Waals surface area contributed by atoms with Gasteiger partial charge in [0.25, 0.3) is 0 Å². The number of benzene rings is 3. The fraction of sp³-hybridized carbons (Fsp3) is 0.269. The van der Waals surface area contributed by atoms with E-state index in [-0.39, 0.29) is 23.6 Å². The largest absolute Gasteiger partial charge is 0.496 e. The molecular weight excluding hydrogens is 448 g/mol. The number of fused-ring (bicyclic) bond motifs is 1. The van der Waals surface area contributed by atoms with Crippen molar-refractivity contribution in [3.05, 3.63) is 87.2 Å². The van der Waals surface area contributed by atoms with Gasteiger partial charge in [-0.3, -0.25) is 4.79 Å². The molecule has 0 unspecified atom stereocenters. The monoisotopic (exact) mass is 469 g/mol. The molecule has 5 rings (SSSR count). The van der Waals surface area contributed by atoms with Gasteiger partial charge in [0.15, 0.2) is 0 Å². The smallest absolute Gasteiger partial charge is 0.226 e. The maximum absolute atomic E-state index is 14.6. The zero-order valence-corrected chi connectivity index (χ0v) is 19.1. The van der Waals surface area contributed by atoms with E-state index in [1.807, 2.05) is 41.3 Å². The molecule has 0 spiro atoms. The fourth-order valence-corrected chi connectivity index (χ4v) is 5.34. The second-order valence-corrected chi connectivity index (χ2v) is 9.22. The van der Waals surface area contributed by atoms with Crippen LogP contribution in [-0.4, -0.2) is 24.5 Å². The summed E-state index contributed by atoms with van der Waals surface area (Å²) in [6.07, 6.45) is 1.26. The molecule has 6 heteroatoms. The van der Waals surface area contributed by atoms with Crippen LogP contribution in [0.2, 0.25) is 10.0 Å². The molecule has 0 bridgehead atoms. The summed E-state index contributed by atoms with van der Waals surface area (Å²) in [6.45, 7) is 0.895. The van der Waals surface area contributed by atoms with Crippen LogP contribution < -0.4 is 4.74 Å². The maximum atomic E-state index is 14.6. The lowest BCUT2D eigenvalue weighted by atomic mass is 9.90. The van der Waals surface area contributed by atoms with Crippen molar-refractivity contribution < 1.29 is 13.9 Å². The summed E-state index contributed by atoms with van der Waals surface area (Å²) in [7, 11) is 1.62. The molecule has 1 aliphatic heterocycles. The van der Waals surface area contributed by atoms with Crippen molar-refractivity contribution in [2.24, 2.45) is 5.92 Å². The van der Waals surface area contributed by atoms with E-state index in [4.69, 9.17) is 27.9 Å². The number of ether oxygens (including phenoxy) is 1. The van der Waals surface area contributed by atoms with E-state index in [1.165, 1.54) is 6.07 Å². The number of rotatable bonds is 4. The first-order valence-corrected chi connectivity index (χ1v) is 11.4. The van der Waals surface area contributed by atoms with E-state index in [0.717, 1.165) is 34.4 Å². The third kappa shape index (κ3) is 3.76. The van der Waals surface area contributed by atoms with Crippen molar-refractivity contribution in [3.63, 3.8) is 0 Å². The number of amides is 1. The number of halogens is 3. The molecule has 1 fully saturated rings. The van der Waals surface area contributed by atoms with Crippen molar-refractivity contribution >= 4 is 29.1 Å². The van der Waals surface area contributed by atoms with Crippen LogP contribution in [-0.2, 0) is 17.8 Å². The van der Waals surface area contributed by atoms with Gasteiger partial charge in [-0.2, -0.15) is 0 Å². The molecule has 1 amide bonds. The molecule has 3 aromatic carbocycles. The fourth-order valence-electron chi connectivity index (χ4n) is 4.79. The second-order valence-electron chi connectivity index (χ2n) is 8.38. The van der Waals surface area contributed by atoms with Crippen molar-refractivity contribution in [3.8, 4) is 16.9 Å². The Hall–Kier alpha value is -2.56. The van der Waals surface area contributed by atoms with Crippen LogP contribution in [0.15, 0.2) is 54.6 Å². The standard InChI is InChI=1S/C26H22Cl2FNO2/c1-32-25-5-3-2-4-19(25)16-8-9-24(29)18-10-11-30(14-22(16)18)26(31)21-13-20(21)17-7-6-15(27)12-23(17)28/h2-9,12,20-21H,10-11,13-14H2,1H3/t20-,21+/m0/s1. The highest BCUT2D eigenvalue weighted by molar-refractivity contribution is 6.35. The van der Waals surface area contributed by atoms with Crippen LogP contribution in [0.3, 0.4) is 0 Å². The van der Waals surface area contributed by atoms with Crippen LogP contribution in [0.5, 0.6) is 5.75 Å². The summed E-state index contributed by atoms with van der Waals surface area (Å²) in [6, 6.07) is 16.4. The van der Waals surface area contributed by atoms with Gasteiger partial charge in [-0.25, -0.2) is 4.39 Å². The van der Waals surface area contributed by atoms with Gasteiger partial charge in [0.1, 0.15) is 11.6 Å². The Labute approximate surface area is 196 Å². The highest BCUT2D eigenvalue weighted by atomic mass is 35.5. The summed E-state index contributed by atoms with van der Waals surface area (Å²) < 4.78 is 20.2. The SMILES string of the molecule is COc1ccccc1-c1ccc(F)c2c1CN(C(=O)[C@@H]1C[C@H]1c1ccc(Cl)cc1Cl)CC2. The minimum absolute atomic E-state index is 0.0986. The molecule has 2 atom stereocenters. The van der Waals surface area contributed by atoms with E-state index in [0.29, 0.717) is 35.1 Å². The zero-order valence-electron chi connectivity index (χ0n) is 17.6. The number of nitrogens with zero attached hydrogens (tertiary/aromatic N) is 1. The molecule has 164 valence electrons. The van der Waals surface area contributed by atoms with Gasteiger partial charge in [0.2, 0.25) is 5.91 Å². The number of carbonyl (C=O) groups is 1. The minimum atomic E-state index is -0.219. The first kappa shape index (κ1) is 21.3. The predicted octanol–water partition coefficient (Wildman–Crippen LogP) is 6.50. The number of para-hydroxylation sites is 1. The molecule has 1 heterocycles. The summed E-state index contributed by atoms with van der Waals surface area (Å²) in [4.78, 5) is 15.2. The second kappa shape index (κ2) is 8.42. The van der Waals surface area contributed by atoms with Crippen LogP contribution >= 0.6 is 23.2 Å². The van der Waals surface area contributed by atoms with Crippen LogP contribution in [0.25, 0.3) is 11.1 Å². The third-order valence-electron chi connectivity index (χ3n) is 6.53. The Morgan fingerprint density at radius 1 is 1.06 bits per heavy atom. The Balaban J connectivity index is 1.42. The van der Waals surface area contributed by atoms with Gasteiger partial charge in [0.05, 0.1) is 7.11 Å². The lowest BCUT2D eigenvalue weighted by Crippen LogP contribution is -2.37. The molecule has 2 aliphatic rings. The molecule has 0 N–H and O–H groups in total. The number of hydrogen-bond donors (Lipinski definition) is 0. The van der Waals surface area contributed by atoms with Gasteiger partial charge >= 0.3 is 0 Å². The van der Waals surface area contributed by atoms with Gasteiger partial charge in [-0.05, 0) is 65.3 Å².